The molecule has 1 amide bonds. The Hall–Kier alpha value is -0.940. The van der Waals surface area contributed by atoms with Crippen molar-refractivity contribution in [2.45, 2.75) is 32.9 Å². The van der Waals surface area contributed by atoms with E-state index in [0.29, 0.717) is 13.0 Å². The van der Waals surface area contributed by atoms with Crippen LogP contribution in [0.1, 0.15) is 24.0 Å². The molecule has 1 rings (SSSR count). The predicted molar refractivity (Wildman–Crippen MR) is 61.6 cm³/mol. The Kier molecular flexibility index (Phi) is 4.23. The molecule has 0 aliphatic carbocycles. The average molecular weight is 227 g/mol. The van der Waals surface area contributed by atoms with E-state index >= 15 is 0 Å². The first-order valence-electron chi connectivity index (χ1n) is 4.96. The van der Waals surface area contributed by atoms with Crippen LogP contribution >= 0.6 is 11.3 Å². The first kappa shape index (κ1) is 12.1. The molecule has 5 heteroatoms. The maximum absolute atomic E-state index is 11.7. The van der Waals surface area contributed by atoms with Crippen LogP contribution < -0.4 is 5.73 Å². The molecule has 1 aromatic heterocycles. The van der Waals surface area contributed by atoms with Crippen molar-refractivity contribution in [2.24, 2.45) is 5.73 Å². The summed E-state index contributed by atoms with van der Waals surface area (Å²) >= 11 is 1.59. The molecular formula is C10H17N3OS. The van der Waals surface area contributed by atoms with Crippen molar-refractivity contribution in [2.75, 3.05) is 7.05 Å². The molecule has 0 aromatic carbocycles. The Labute approximate surface area is 94.1 Å². The fraction of sp³-hybridized carbons (Fsp3) is 0.600. The zero-order valence-corrected chi connectivity index (χ0v) is 10.2. The number of carbonyl (C=O) groups is 1. The SMILES string of the molecule is CCC(N)C(=O)N(C)Cc1csc(C)n1. The maximum Gasteiger partial charge on any atom is 0.239 e. The molecule has 1 aromatic rings. The fourth-order valence-electron chi connectivity index (χ4n) is 1.26. The number of hydrogen-bond acceptors (Lipinski definition) is 4. The Balaban J connectivity index is 2.55. The third-order valence-corrected chi connectivity index (χ3v) is 3.02. The molecule has 84 valence electrons. The smallest absolute Gasteiger partial charge is 0.239 e. The first-order chi connectivity index (χ1) is 7.04. The van der Waals surface area contributed by atoms with E-state index in [0.717, 1.165) is 10.7 Å². The van der Waals surface area contributed by atoms with E-state index in [1.54, 1.807) is 23.3 Å². The van der Waals surface area contributed by atoms with Gasteiger partial charge in [-0.1, -0.05) is 6.92 Å². The van der Waals surface area contributed by atoms with Crippen LogP contribution in [0.4, 0.5) is 0 Å². The van der Waals surface area contributed by atoms with Crippen molar-refractivity contribution in [3.05, 3.63) is 16.1 Å². The summed E-state index contributed by atoms with van der Waals surface area (Å²) in [4.78, 5) is 17.6. The van der Waals surface area contributed by atoms with Crippen molar-refractivity contribution >= 4 is 17.2 Å². The molecular weight excluding hydrogens is 210 g/mol. The Morgan fingerprint density at radius 3 is 2.87 bits per heavy atom. The lowest BCUT2D eigenvalue weighted by molar-refractivity contribution is -0.131. The third-order valence-electron chi connectivity index (χ3n) is 2.20. The maximum atomic E-state index is 11.7. The van der Waals surface area contributed by atoms with Crippen LogP contribution in [0, 0.1) is 6.92 Å². The van der Waals surface area contributed by atoms with Crippen LogP contribution in [-0.2, 0) is 11.3 Å². The lowest BCUT2D eigenvalue weighted by Crippen LogP contribution is -2.40. The van der Waals surface area contributed by atoms with E-state index in [2.05, 4.69) is 4.98 Å². The van der Waals surface area contributed by atoms with Crippen molar-refractivity contribution in [1.29, 1.82) is 0 Å². The van der Waals surface area contributed by atoms with Crippen molar-refractivity contribution in [3.8, 4) is 0 Å². The molecule has 0 fully saturated rings. The molecule has 0 saturated carbocycles. The fourth-order valence-corrected chi connectivity index (χ4v) is 1.86. The van der Waals surface area contributed by atoms with Gasteiger partial charge in [0.05, 0.1) is 23.3 Å². The highest BCUT2D eigenvalue weighted by Crippen LogP contribution is 2.10. The predicted octanol–water partition coefficient (Wildman–Crippen LogP) is 1.15. The molecule has 1 unspecified atom stereocenters. The van der Waals surface area contributed by atoms with Crippen molar-refractivity contribution in [1.82, 2.24) is 9.88 Å². The number of hydrogen-bond donors (Lipinski definition) is 1. The second-order valence-electron chi connectivity index (χ2n) is 3.57. The summed E-state index contributed by atoms with van der Waals surface area (Å²) in [6.45, 7) is 4.40. The minimum absolute atomic E-state index is 0.0249. The summed E-state index contributed by atoms with van der Waals surface area (Å²) in [5.41, 5.74) is 6.59. The number of thiazole rings is 1. The van der Waals surface area contributed by atoms with Crippen molar-refractivity contribution < 1.29 is 4.79 Å². The van der Waals surface area contributed by atoms with Gasteiger partial charge in [0.2, 0.25) is 5.91 Å². The minimum atomic E-state index is -0.394. The summed E-state index contributed by atoms with van der Waals surface area (Å²) in [6.07, 6.45) is 0.666. The van der Waals surface area contributed by atoms with Gasteiger partial charge in [-0.2, -0.15) is 0 Å². The van der Waals surface area contributed by atoms with E-state index < -0.39 is 6.04 Å². The number of likely N-dealkylation sites (N-methyl/N-ethyl adjacent to an activating group) is 1. The van der Waals surface area contributed by atoms with Crippen LogP contribution in [0.15, 0.2) is 5.38 Å². The van der Waals surface area contributed by atoms with Gasteiger partial charge in [-0.15, -0.1) is 11.3 Å². The number of aryl methyl sites for hydroxylation is 1. The lowest BCUT2D eigenvalue weighted by atomic mass is 10.2. The van der Waals surface area contributed by atoms with E-state index in [1.807, 2.05) is 19.2 Å². The van der Waals surface area contributed by atoms with Gasteiger partial charge >= 0.3 is 0 Å². The lowest BCUT2D eigenvalue weighted by Gasteiger charge is -2.19. The molecule has 0 spiro atoms. The number of nitrogens with zero attached hydrogens (tertiary/aromatic N) is 2. The second-order valence-corrected chi connectivity index (χ2v) is 4.63. The summed E-state index contributed by atoms with van der Waals surface area (Å²) in [5.74, 6) is -0.0249. The van der Waals surface area contributed by atoms with Crippen LogP contribution in [0.25, 0.3) is 0 Å². The number of aromatic nitrogens is 1. The molecule has 15 heavy (non-hydrogen) atoms. The van der Waals surface area contributed by atoms with Gasteiger partial charge < -0.3 is 10.6 Å². The summed E-state index contributed by atoms with van der Waals surface area (Å²) in [7, 11) is 1.76. The topological polar surface area (TPSA) is 59.2 Å². The highest BCUT2D eigenvalue weighted by molar-refractivity contribution is 7.09. The highest BCUT2D eigenvalue weighted by atomic mass is 32.1. The van der Waals surface area contributed by atoms with Crippen molar-refractivity contribution in [3.63, 3.8) is 0 Å². The summed E-state index contributed by atoms with van der Waals surface area (Å²) in [5, 5.41) is 2.99. The summed E-state index contributed by atoms with van der Waals surface area (Å²) < 4.78 is 0. The minimum Gasteiger partial charge on any atom is -0.338 e. The molecule has 4 nitrogen and oxygen atoms in total. The first-order valence-corrected chi connectivity index (χ1v) is 5.84. The quantitative estimate of drug-likeness (QED) is 0.839. The summed E-state index contributed by atoms with van der Waals surface area (Å²) in [6, 6.07) is -0.394. The Bertz CT molecular complexity index is 337. The van der Waals surface area contributed by atoms with Gasteiger partial charge in [0.1, 0.15) is 0 Å². The molecule has 0 aliphatic rings. The molecule has 0 bridgehead atoms. The molecule has 0 aliphatic heterocycles. The van der Waals surface area contributed by atoms with Crippen LogP contribution in [0.3, 0.4) is 0 Å². The Morgan fingerprint density at radius 1 is 1.73 bits per heavy atom. The molecule has 1 atom stereocenters. The molecule has 0 saturated heterocycles. The monoisotopic (exact) mass is 227 g/mol. The van der Waals surface area contributed by atoms with E-state index in [1.165, 1.54) is 0 Å². The number of carbonyl (C=O) groups excluding carboxylic acids is 1. The van der Waals surface area contributed by atoms with Crippen LogP contribution in [0.5, 0.6) is 0 Å². The van der Waals surface area contributed by atoms with Crippen LogP contribution in [-0.4, -0.2) is 28.9 Å². The molecule has 2 N–H and O–H groups in total. The molecule has 0 radical (unpaired) electrons. The van der Waals surface area contributed by atoms with Gasteiger partial charge in [-0.25, -0.2) is 4.98 Å². The standard InChI is InChI=1S/C10H17N3OS/c1-4-9(11)10(14)13(3)5-8-6-15-7(2)12-8/h6,9H,4-5,11H2,1-3H3. The van der Waals surface area contributed by atoms with Gasteiger partial charge in [0.15, 0.2) is 0 Å². The zero-order valence-electron chi connectivity index (χ0n) is 9.36. The Morgan fingerprint density at radius 2 is 2.40 bits per heavy atom. The second kappa shape index (κ2) is 5.23. The zero-order chi connectivity index (χ0) is 11.4. The van der Waals surface area contributed by atoms with Crippen LogP contribution in [0.2, 0.25) is 0 Å². The molecule has 1 heterocycles. The number of amides is 1. The number of nitrogens with two attached hydrogens (primary N) is 1. The van der Waals surface area contributed by atoms with E-state index in [4.69, 9.17) is 5.73 Å². The largest absolute Gasteiger partial charge is 0.338 e. The normalized spacial score (nSPS) is 12.5. The highest BCUT2D eigenvalue weighted by Gasteiger charge is 2.16. The third kappa shape index (κ3) is 3.28. The van der Waals surface area contributed by atoms with Gasteiger partial charge in [-0.3, -0.25) is 4.79 Å². The van der Waals surface area contributed by atoms with E-state index in [-0.39, 0.29) is 5.91 Å². The van der Waals surface area contributed by atoms with E-state index in [9.17, 15) is 4.79 Å². The number of rotatable bonds is 4. The van der Waals surface area contributed by atoms with Gasteiger partial charge in [0, 0.05) is 12.4 Å². The van der Waals surface area contributed by atoms with Gasteiger partial charge in [0.25, 0.3) is 0 Å². The van der Waals surface area contributed by atoms with Gasteiger partial charge in [-0.05, 0) is 13.3 Å². The average Bonchev–Trinajstić information content (AvgIpc) is 2.61.